The summed E-state index contributed by atoms with van der Waals surface area (Å²) in [6.07, 6.45) is -0.0164. The number of hydrogen-bond donors (Lipinski definition) is 1. The average Bonchev–Trinajstić information content (AvgIpc) is 3.09. The van der Waals surface area contributed by atoms with Crippen LogP contribution >= 0.6 is 0 Å². The van der Waals surface area contributed by atoms with Crippen molar-refractivity contribution in [1.82, 2.24) is 4.98 Å². The number of nitrogens with one attached hydrogen (secondary N) is 1. The van der Waals surface area contributed by atoms with Gasteiger partial charge in [0.1, 0.15) is 17.5 Å². The third-order valence-corrected chi connectivity index (χ3v) is 3.96. The summed E-state index contributed by atoms with van der Waals surface area (Å²) in [7, 11) is 0. The van der Waals surface area contributed by atoms with Gasteiger partial charge in [0.15, 0.2) is 0 Å². The lowest BCUT2D eigenvalue weighted by Gasteiger charge is -2.17. The van der Waals surface area contributed by atoms with E-state index in [1.807, 2.05) is 31.2 Å². The quantitative estimate of drug-likeness (QED) is 0.852. The summed E-state index contributed by atoms with van der Waals surface area (Å²) in [5.41, 5.74) is 1.57. The highest BCUT2D eigenvalue weighted by molar-refractivity contribution is 5.48. The molecule has 1 N–H and O–H groups in total. The van der Waals surface area contributed by atoms with Crippen LogP contribution in [0.1, 0.15) is 37.1 Å². The highest BCUT2D eigenvalue weighted by Gasteiger charge is 2.17. The smallest absolute Gasteiger partial charge is 0.280 e. The van der Waals surface area contributed by atoms with Crippen molar-refractivity contribution < 1.29 is 18.3 Å². The Morgan fingerprint density at radius 3 is 2.58 bits per heavy atom. The molecule has 2 heterocycles. The van der Waals surface area contributed by atoms with Crippen molar-refractivity contribution in [2.24, 2.45) is 0 Å². The van der Waals surface area contributed by atoms with Crippen LogP contribution in [0, 0.1) is 0 Å². The molecule has 24 heavy (non-hydrogen) atoms. The van der Waals surface area contributed by atoms with Gasteiger partial charge in [0.2, 0.25) is 0 Å². The second kappa shape index (κ2) is 7.57. The molecule has 1 aromatic heterocycles. The van der Waals surface area contributed by atoms with Gasteiger partial charge in [-0.15, -0.1) is 0 Å². The Balaban J connectivity index is 1.58. The number of hydrogen-bond acceptors (Lipinski definition) is 4. The molecule has 1 aliphatic heterocycles. The summed E-state index contributed by atoms with van der Waals surface area (Å²) < 4.78 is 36.2. The van der Waals surface area contributed by atoms with E-state index in [1.165, 1.54) is 12.3 Å². The van der Waals surface area contributed by atoms with Crippen LogP contribution in [0.15, 0.2) is 42.6 Å². The molecule has 1 fully saturated rings. The van der Waals surface area contributed by atoms with Crippen LogP contribution < -0.4 is 10.1 Å². The molecule has 0 spiro atoms. The van der Waals surface area contributed by atoms with E-state index in [0.717, 1.165) is 30.0 Å². The van der Waals surface area contributed by atoms with Gasteiger partial charge in [0.25, 0.3) is 6.43 Å². The van der Waals surface area contributed by atoms with Crippen LogP contribution in [0.5, 0.6) is 5.75 Å². The summed E-state index contributed by atoms with van der Waals surface area (Å²) in [6, 6.07) is 10.7. The van der Waals surface area contributed by atoms with E-state index in [2.05, 4.69) is 10.3 Å². The Labute approximate surface area is 139 Å². The maximum Gasteiger partial charge on any atom is 0.280 e. The fourth-order valence-electron chi connectivity index (χ4n) is 2.56. The first-order chi connectivity index (χ1) is 11.6. The van der Waals surface area contributed by atoms with Crippen LogP contribution in [0.4, 0.5) is 14.5 Å². The monoisotopic (exact) mass is 334 g/mol. The van der Waals surface area contributed by atoms with E-state index in [0.29, 0.717) is 6.61 Å². The molecule has 0 aliphatic carbocycles. The van der Waals surface area contributed by atoms with E-state index in [1.54, 1.807) is 6.07 Å². The average molecular weight is 334 g/mol. The Morgan fingerprint density at radius 2 is 2.00 bits per heavy atom. The first kappa shape index (κ1) is 16.6. The number of benzene rings is 1. The normalized spacial score (nSPS) is 18.6. The van der Waals surface area contributed by atoms with Gasteiger partial charge < -0.3 is 14.8 Å². The maximum atomic E-state index is 12.5. The molecule has 2 atom stereocenters. The van der Waals surface area contributed by atoms with Crippen molar-refractivity contribution in [2.75, 3.05) is 18.5 Å². The predicted octanol–water partition coefficient (Wildman–Crippen LogP) is 4.36. The second-order valence-electron chi connectivity index (χ2n) is 5.81. The number of halogens is 2. The van der Waals surface area contributed by atoms with Crippen LogP contribution in [0.3, 0.4) is 0 Å². The second-order valence-corrected chi connectivity index (χ2v) is 5.81. The van der Waals surface area contributed by atoms with Crippen molar-refractivity contribution in [1.29, 1.82) is 0 Å². The third-order valence-electron chi connectivity index (χ3n) is 3.96. The van der Waals surface area contributed by atoms with Gasteiger partial charge in [0, 0.05) is 18.3 Å². The van der Waals surface area contributed by atoms with Crippen molar-refractivity contribution in [3.63, 3.8) is 0 Å². The molecule has 2 aromatic rings. The number of aromatic nitrogens is 1. The highest BCUT2D eigenvalue weighted by Crippen LogP contribution is 2.24. The Morgan fingerprint density at radius 1 is 1.21 bits per heavy atom. The van der Waals surface area contributed by atoms with Gasteiger partial charge in [-0.2, -0.15) is 0 Å². The largest absolute Gasteiger partial charge is 0.488 e. The molecular weight excluding hydrogens is 314 g/mol. The van der Waals surface area contributed by atoms with E-state index >= 15 is 0 Å². The lowest BCUT2D eigenvalue weighted by Crippen LogP contribution is -2.15. The van der Waals surface area contributed by atoms with Crippen molar-refractivity contribution in [3.05, 3.63) is 53.9 Å². The van der Waals surface area contributed by atoms with Crippen molar-refractivity contribution in [2.45, 2.75) is 31.9 Å². The summed E-state index contributed by atoms with van der Waals surface area (Å²) >= 11 is 0. The first-order valence-electron chi connectivity index (χ1n) is 7.97. The fraction of sp³-hybridized carbons (Fsp3) is 0.389. The lowest BCUT2D eigenvalue weighted by atomic mass is 10.1. The van der Waals surface area contributed by atoms with E-state index < -0.39 is 6.43 Å². The molecule has 3 rings (SSSR count). The number of nitrogens with zero attached hydrogens (tertiary/aromatic N) is 1. The van der Waals surface area contributed by atoms with Crippen LogP contribution in [0.25, 0.3) is 0 Å². The lowest BCUT2D eigenvalue weighted by molar-refractivity contribution is 0.141. The number of rotatable bonds is 6. The highest BCUT2D eigenvalue weighted by atomic mass is 19.3. The molecular formula is C18H20F2N2O2. The van der Waals surface area contributed by atoms with Crippen molar-refractivity contribution >= 4 is 5.69 Å². The van der Waals surface area contributed by atoms with Gasteiger partial charge in [-0.05, 0) is 42.8 Å². The minimum Gasteiger partial charge on any atom is -0.488 e. The van der Waals surface area contributed by atoms with Gasteiger partial charge in [-0.3, -0.25) is 4.98 Å². The molecule has 2 unspecified atom stereocenters. The van der Waals surface area contributed by atoms with Crippen LogP contribution in [0.2, 0.25) is 0 Å². The van der Waals surface area contributed by atoms with Crippen LogP contribution in [-0.2, 0) is 4.74 Å². The Hall–Kier alpha value is -2.21. The molecule has 1 saturated heterocycles. The van der Waals surface area contributed by atoms with Crippen molar-refractivity contribution in [3.8, 4) is 5.75 Å². The molecule has 0 radical (unpaired) electrons. The molecule has 0 saturated carbocycles. The molecule has 1 aromatic carbocycles. The maximum absolute atomic E-state index is 12.5. The zero-order valence-electron chi connectivity index (χ0n) is 13.4. The topological polar surface area (TPSA) is 43.4 Å². The van der Waals surface area contributed by atoms with Crippen LogP contribution in [-0.4, -0.2) is 24.3 Å². The zero-order valence-corrected chi connectivity index (χ0v) is 13.4. The Kier molecular flexibility index (Phi) is 5.25. The summed E-state index contributed by atoms with van der Waals surface area (Å²) in [5.74, 6) is 0.812. The number of anilines is 1. The zero-order chi connectivity index (χ0) is 16.9. The fourth-order valence-corrected chi connectivity index (χ4v) is 2.56. The summed E-state index contributed by atoms with van der Waals surface area (Å²) in [5, 5.41) is 3.32. The third kappa shape index (κ3) is 4.20. The molecule has 0 bridgehead atoms. The van der Waals surface area contributed by atoms with E-state index in [9.17, 15) is 8.78 Å². The van der Waals surface area contributed by atoms with Gasteiger partial charge in [-0.1, -0.05) is 6.07 Å². The molecule has 6 heteroatoms. The van der Waals surface area contributed by atoms with Gasteiger partial charge >= 0.3 is 0 Å². The molecule has 1 aliphatic rings. The minimum absolute atomic E-state index is 0.0424. The SMILES string of the molecule is CC(Nc1ccc(OC2CCOC2)cc1)c1ccc(C(F)F)nc1. The summed E-state index contributed by atoms with van der Waals surface area (Å²) in [6.45, 7) is 3.35. The first-order valence-corrected chi connectivity index (χ1v) is 7.97. The van der Waals surface area contributed by atoms with E-state index in [4.69, 9.17) is 9.47 Å². The molecule has 128 valence electrons. The minimum atomic E-state index is -2.54. The standard InChI is InChI=1S/C18H20F2N2O2/c1-12(13-2-7-17(18(19)20)21-10-13)22-14-3-5-15(6-4-14)24-16-8-9-23-11-16/h2-7,10,12,16,18,22H,8-9,11H2,1H3. The predicted molar refractivity (Wildman–Crippen MR) is 87.5 cm³/mol. The van der Waals surface area contributed by atoms with E-state index in [-0.39, 0.29) is 17.8 Å². The summed E-state index contributed by atoms with van der Waals surface area (Å²) in [4.78, 5) is 3.79. The number of ether oxygens (including phenoxy) is 2. The molecule has 0 amide bonds. The van der Waals surface area contributed by atoms with Gasteiger partial charge in [0.05, 0.1) is 19.3 Å². The Bertz CT molecular complexity index is 641. The number of alkyl halides is 2. The number of pyridine rings is 1. The molecule has 4 nitrogen and oxygen atoms in total. The van der Waals surface area contributed by atoms with Gasteiger partial charge in [-0.25, -0.2) is 8.78 Å².